The van der Waals surface area contributed by atoms with Gasteiger partial charge in [0, 0.05) is 25.7 Å². The second-order valence-corrected chi connectivity index (χ2v) is 8.66. The number of hydrogen-bond donors (Lipinski definition) is 3. The van der Waals surface area contributed by atoms with Gasteiger partial charge in [-0.2, -0.15) is 12.7 Å². The fourth-order valence-corrected chi connectivity index (χ4v) is 3.46. The summed E-state index contributed by atoms with van der Waals surface area (Å²) in [5.74, 6) is -1.11. The molecule has 0 aromatic carbocycles. The molecule has 11 heteroatoms. The third-order valence-electron chi connectivity index (χ3n) is 2.21. The Hall–Kier alpha value is -0.750. The lowest BCUT2D eigenvalue weighted by Gasteiger charge is -2.26. The Balaban J connectivity index is 4.59. The van der Waals surface area contributed by atoms with Crippen LogP contribution >= 0.6 is 0 Å². The lowest BCUT2D eigenvalue weighted by atomic mass is 10.1. The molecule has 0 aliphatic rings. The largest absolute Gasteiger partial charge is 0.481 e. The van der Waals surface area contributed by atoms with Gasteiger partial charge < -0.3 is 5.11 Å². The number of carbonyl (C=O) groups is 1. The number of hydrogen-bond acceptors (Lipinski definition) is 5. The summed E-state index contributed by atoms with van der Waals surface area (Å²) in [5.41, 5.74) is -1.01. The van der Waals surface area contributed by atoms with Crippen molar-refractivity contribution in [2.24, 2.45) is 0 Å². The van der Waals surface area contributed by atoms with Crippen molar-refractivity contribution in [2.75, 3.05) is 26.4 Å². The van der Waals surface area contributed by atoms with Crippen LogP contribution in [0.1, 0.15) is 20.3 Å². The molecule has 0 aromatic heterocycles. The molecule has 0 spiro atoms. The Morgan fingerprint density at radius 2 is 1.75 bits per heavy atom. The highest BCUT2D eigenvalue weighted by atomic mass is 32.2. The van der Waals surface area contributed by atoms with Crippen molar-refractivity contribution >= 4 is 26.2 Å². The number of carboxylic acid groups (broad SMARTS) is 1. The second kappa shape index (κ2) is 6.80. The number of nitrogens with zero attached hydrogens (tertiary/aromatic N) is 1. The van der Waals surface area contributed by atoms with E-state index in [9.17, 15) is 21.6 Å². The fraction of sp³-hybridized carbons (Fsp3) is 0.889. The first-order valence-corrected chi connectivity index (χ1v) is 9.00. The summed E-state index contributed by atoms with van der Waals surface area (Å²) in [6, 6.07) is 0. The average Bonchev–Trinajstić information content (AvgIpc) is 2.20. The quantitative estimate of drug-likeness (QED) is 0.474. The molecule has 0 atom stereocenters. The summed E-state index contributed by atoms with van der Waals surface area (Å²) in [4.78, 5) is 10.4. The van der Waals surface area contributed by atoms with Gasteiger partial charge in [-0.05, 0) is 13.8 Å². The van der Waals surface area contributed by atoms with Crippen LogP contribution in [0.25, 0.3) is 0 Å². The van der Waals surface area contributed by atoms with E-state index in [1.807, 2.05) is 0 Å². The standard InChI is InChI=1S/C9H21N3O6S2/c1-9(2,11-19(4,15)16)7-10-20(17,18)12(3)6-5-8(13)14/h10-11H,5-7H2,1-4H3,(H,13,14). The van der Waals surface area contributed by atoms with Crippen molar-refractivity contribution in [3.8, 4) is 0 Å². The maximum absolute atomic E-state index is 11.8. The molecule has 0 fully saturated rings. The van der Waals surface area contributed by atoms with Crippen molar-refractivity contribution < 1.29 is 26.7 Å². The van der Waals surface area contributed by atoms with Gasteiger partial charge in [0.25, 0.3) is 10.2 Å². The highest BCUT2D eigenvalue weighted by molar-refractivity contribution is 7.88. The summed E-state index contributed by atoms with van der Waals surface area (Å²) in [6.45, 7) is 2.70. The van der Waals surface area contributed by atoms with Crippen LogP contribution < -0.4 is 9.44 Å². The molecule has 0 saturated heterocycles. The molecular formula is C9H21N3O6S2. The Bertz CT molecular complexity index is 540. The third kappa shape index (κ3) is 8.43. The summed E-state index contributed by atoms with van der Waals surface area (Å²) in [7, 11) is -6.09. The first-order valence-electron chi connectivity index (χ1n) is 5.67. The third-order valence-corrected chi connectivity index (χ3v) is 4.64. The predicted octanol–water partition coefficient (Wildman–Crippen LogP) is -1.44. The maximum Gasteiger partial charge on any atom is 0.304 e. The number of nitrogens with one attached hydrogen (secondary N) is 2. The van der Waals surface area contributed by atoms with Crippen molar-refractivity contribution in [1.82, 2.24) is 13.7 Å². The van der Waals surface area contributed by atoms with Crippen molar-refractivity contribution in [1.29, 1.82) is 0 Å². The molecule has 3 N–H and O–H groups in total. The number of carboxylic acids is 1. The van der Waals surface area contributed by atoms with Gasteiger partial charge in [0.1, 0.15) is 0 Å². The van der Waals surface area contributed by atoms with Gasteiger partial charge >= 0.3 is 5.97 Å². The highest BCUT2D eigenvalue weighted by Crippen LogP contribution is 2.04. The molecule has 0 aromatic rings. The van der Waals surface area contributed by atoms with Crippen molar-refractivity contribution in [2.45, 2.75) is 25.8 Å². The van der Waals surface area contributed by atoms with Crippen LogP contribution in [-0.2, 0) is 25.0 Å². The SMILES string of the molecule is CN(CCC(=O)O)S(=O)(=O)NCC(C)(C)NS(C)(=O)=O. The minimum absolute atomic E-state index is 0.167. The molecule has 20 heavy (non-hydrogen) atoms. The lowest BCUT2D eigenvalue weighted by molar-refractivity contribution is -0.137. The fourth-order valence-electron chi connectivity index (χ4n) is 1.29. The maximum atomic E-state index is 11.8. The molecule has 0 aliphatic heterocycles. The Morgan fingerprint density at radius 3 is 2.15 bits per heavy atom. The highest BCUT2D eigenvalue weighted by Gasteiger charge is 2.26. The van der Waals surface area contributed by atoms with E-state index in [0.717, 1.165) is 10.6 Å². The number of rotatable bonds is 9. The van der Waals surface area contributed by atoms with E-state index >= 15 is 0 Å². The van der Waals surface area contributed by atoms with E-state index in [1.54, 1.807) is 0 Å². The topological polar surface area (TPSA) is 133 Å². The Kier molecular flexibility index (Phi) is 6.55. The van der Waals surface area contributed by atoms with E-state index in [-0.39, 0.29) is 19.5 Å². The van der Waals surface area contributed by atoms with Gasteiger partial charge in [0.2, 0.25) is 10.0 Å². The van der Waals surface area contributed by atoms with Gasteiger partial charge in [0.05, 0.1) is 12.7 Å². The van der Waals surface area contributed by atoms with Gasteiger partial charge in [-0.1, -0.05) is 0 Å². The predicted molar refractivity (Wildman–Crippen MR) is 73.9 cm³/mol. The molecule has 0 bridgehead atoms. The van der Waals surface area contributed by atoms with E-state index in [2.05, 4.69) is 9.44 Å². The zero-order valence-electron chi connectivity index (χ0n) is 11.9. The van der Waals surface area contributed by atoms with Gasteiger partial charge in [-0.25, -0.2) is 17.9 Å². The Morgan fingerprint density at radius 1 is 1.25 bits per heavy atom. The molecule has 0 saturated carbocycles. The van der Waals surface area contributed by atoms with E-state index in [4.69, 9.17) is 5.11 Å². The molecule has 0 rings (SSSR count). The van der Waals surface area contributed by atoms with Crippen LogP contribution in [0.5, 0.6) is 0 Å². The van der Waals surface area contributed by atoms with Gasteiger partial charge in [-0.3, -0.25) is 4.79 Å². The van der Waals surface area contributed by atoms with Crippen LogP contribution in [0, 0.1) is 0 Å². The Labute approximate surface area is 119 Å². The van der Waals surface area contributed by atoms with Crippen LogP contribution in [-0.4, -0.2) is 64.1 Å². The van der Waals surface area contributed by atoms with Gasteiger partial charge in [-0.15, -0.1) is 0 Å². The molecule has 0 amide bonds. The summed E-state index contributed by atoms with van der Waals surface area (Å²) < 4.78 is 51.2. The van der Waals surface area contributed by atoms with E-state index in [0.29, 0.717) is 0 Å². The normalized spacial score (nSPS) is 13.7. The molecule has 0 heterocycles. The molecule has 0 unspecified atom stereocenters. The van der Waals surface area contributed by atoms with Crippen LogP contribution in [0.2, 0.25) is 0 Å². The minimum atomic E-state index is -3.86. The summed E-state index contributed by atoms with van der Waals surface area (Å²) in [6.07, 6.45) is 0.657. The number of sulfonamides is 1. The monoisotopic (exact) mass is 331 g/mol. The number of aliphatic carboxylic acids is 1. The van der Waals surface area contributed by atoms with E-state index in [1.165, 1.54) is 20.9 Å². The smallest absolute Gasteiger partial charge is 0.304 e. The molecule has 120 valence electrons. The summed E-state index contributed by atoms with van der Waals surface area (Å²) >= 11 is 0. The van der Waals surface area contributed by atoms with Crippen molar-refractivity contribution in [3.05, 3.63) is 0 Å². The van der Waals surface area contributed by atoms with Crippen LogP contribution in [0.15, 0.2) is 0 Å². The molecule has 0 radical (unpaired) electrons. The average molecular weight is 331 g/mol. The lowest BCUT2D eigenvalue weighted by Crippen LogP contribution is -2.53. The van der Waals surface area contributed by atoms with Crippen LogP contribution in [0.3, 0.4) is 0 Å². The second-order valence-electron chi connectivity index (χ2n) is 5.05. The molecular weight excluding hydrogens is 310 g/mol. The zero-order chi connectivity index (χ0) is 16.2. The molecule has 0 aliphatic carbocycles. The van der Waals surface area contributed by atoms with Crippen LogP contribution in [0.4, 0.5) is 0 Å². The van der Waals surface area contributed by atoms with Crippen molar-refractivity contribution in [3.63, 3.8) is 0 Å². The molecule has 9 nitrogen and oxygen atoms in total. The van der Waals surface area contributed by atoms with E-state index < -0.39 is 31.7 Å². The van der Waals surface area contributed by atoms with Gasteiger partial charge in [0.15, 0.2) is 0 Å². The first kappa shape index (κ1) is 19.2. The minimum Gasteiger partial charge on any atom is -0.481 e. The zero-order valence-corrected chi connectivity index (χ0v) is 13.5. The summed E-state index contributed by atoms with van der Waals surface area (Å²) in [5, 5.41) is 8.50. The first-order chi connectivity index (χ1) is 8.75.